The Bertz CT molecular complexity index is 603. The molecular weight excluding hydrogens is 239 g/mol. The number of benzene rings is 2. The van der Waals surface area contributed by atoms with Crippen molar-refractivity contribution in [3.8, 4) is 0 Å². The molecule has 0 heterocycles. The molecule has 0 saturated carbocycles. The topological polar surface area (TPSA) is 20.2 Å². The number of aryl methyl sites for hydroxylation is 2. The molecule has 2 aromatic carbocycles. The standard InChI is InChI=1S/C17H17FO/c1-12-2-4-13(5-3-12)11-17(19)9-8-14-10-15(18)6-7-16(14)17/h2-7,10,19H,8-9,11H2,1H3. The van der Waals surface area contributed by atoms with Crippen molar-refractivity contribution >= 4 is 0 Å². The number of hydrogen-bond donors (Lipinski definition) is 1. The van der Waals surface area contributed by atoms with Gasteiger partial charge in [0.2, 0.25) is 0 Å². The Morgan fingerprint density at radius 3 is 2.63 bits per heavy atom. The van der Waals surface area contributed by atoms with Gasteiger partial charge in [0.15, 0.2) is 0 Å². The van der Waals surface area contributed by atoms with Crippen molar-refractivity contribution in [3.63, 3.8) is 0 Å². The van der Waals surface area contributed by atoms with Gasteiger partial charge in [-0.25, -0.2) is 4.39 Å². The molecule has 1 unspecified atom stereocenters. The smallest absolute Gasteiger partial charge is 0.123 e. The van der Waals surface area contributed by atoms with Crippen molar-refractivity contribution in [1.82, 2.24) is 0 Å². The lowest BCUT2D eigenvalue weighted by atomic mass is 9.88. The fraction of sp³-hybridized carbons (Fsp3) is 0.294. The van der Waals surface area contributed by atoms with Gasteiger partial charge in [-0.3, -0.25) is 0 Å². The largest absolute Gasteiger partial charge is 0.385 e. The van der Waals surface area contributed by atoms with Crippen molar-refractivity contribution < 1.29 is 9.50 Å². The van der Waals surface area contributed by atoms with Crippen LogP contribution in [0.3, 0.4) is 0 Å². The van der Waals surface area contributed by atoms with E-state index in [0.717, 1.165) is 23.1 Å². The molecule has 98 valence electrons. The molecule has 0 aromatic heterocycles. The minimum atomic E-state index is -0.849. The molecule has 1 atom stereocenters. The molecule has 1 aliphatic carbocycles. The predicted molar refractivity (Wildman–Crippen MR) is 73.5 cm³/mol. The summed E-state index contributed by atoms with van der Waals surface area (Å²) in [5.74, 6) is -0.224. The molecule has 1 aliphatic rings. The third-order valence-corrected chi connectivity index (χ3v) is 3.99. The van der Waals surface area contributed by atoms with Crippen molar-refractivity contribution in [3.05, 3.63) is 70.5 Å². The van der Waals surface area contributed by atoms with Crippen LogP contribution in [0.2, 0.25) is 0 Å². The third-order valence-electron chi connectivity index (χ3n) is 3.99. The monoisotopic (exact) mass is 256 g/mol. The second kappa shape index (κ2) is 4.46. The van der Waals surface area contributed by atoms with Gasteiger partial charge in [0.05, 0.1) is 5.60 Å². The van der Waals surface area contributed by atoms with Crippen molar-refractivity contribution in [1.29, 1.82) is 0 Å². The number of rotatable bonds is 2. The highest BCUT2D eigenvalue weighted by atomic mass is 19.1. The van der Waals surface area contributed by atoms with Gasteiger partial charge in [-0.05, 0) is 48.6 Å². The normalized spacial score (nSPS) is 21.4. The summed E-state index contributed by atoms with van der Waals surface area (Å²) in [6, 6.07) is 12.9. The summed E-state index contributed by atoms with van der Waals surface area (Å²) in [7, 11) is 0. The van der Waals surface area contributed by atoms with E-state index in [4.69, 9.17) is 0 Å². The Morgan fingerprint density at radius 2 is 1.89 bits per heavy atom. The Morgan fingerprint density at radius 1 is 1.16 bits per heavy atom. The van der Waals surface area contributed by atoms with E-state index < -0.39 is 5.60 Å². The molecule has 3 rings (SSSR count). The number of halogens is 1. The molecule has 0 aliphatic heterocycles. The SMILES string of the molecule is Cc1ccc(CC2(O)CCc3cc(F)ccc32)cc1. The van der Waals surface area contributed by atoms with Gasteiger partial charge in [-0.15, -0.1) is 0 Å². The summed E-state index contributed by atoms with van der Waals surface area (Å²) in [5.41, 5.74) is 3.30. The van der Waals surface area contributed by atoms with E-state index in [1.54, 1.807) is 12.1 Å². The molecule has 0 fully saturated rings. The van der Waals surface area contributed by atoms with E-state index >= 15 is 0 Å². The summed E-state index contributed by atoms with van der Waals surface area (Å²) < 4.78 is 13.2. The van der Waals surface area contributed by atoms with Gasteiger partial charge in [0, 0.05) is 6.42 Å². The summed E-state index contributed by atoms with van der Waals surface area (Å²) in [6.45, 7) is 2.05. The predicted octanol–water partition coefficient (Wildman–Crippen LogP) is 3.51. The average molecular weight is 256 g/mol. The minimum Gasteiger partial charge on any atom is -0.385 e. The van der Waals surface area contributed by atoms with Crippen molar-refractivity contribution in [2.75, 3.05) is 0 Å². The zero-order valence-electron chi connectivity index (χ0n) is 11.0. The number of fused-ring (bicyclic) bond motifs is 1. The lowest BCUT2D eigenvalue weighted by Gasteiger charge is -2.24. The van der Waals surface area contributed by atoms with Gasteiger partial charge < -0.3 is 5.11 Å². The lowest BCUT2D eigenvalue weighted by molar-refractivity contribution is 0.0389. The molecule has 0 bridgehead atoms. The average Bonchev–Trinajstić information content (AvgIpc) is 2.69. The maximum absolute atomic E-state index is 13.2. The van der Waals surface area contributed by atoms with Crippen LogP contribution < -0.4 is 0 Å². The van der Waals surface area contributed by atoms with Crippen LogP contribution in [0.5, 0.6) is 0 Å². The Hall–Kier alpha value is -1.67. The highest BCUT2D eigenvalue weighted by molar-refractivity contribution is 5.39. The van der Waals surface area contributed by atoms with E-state index in [-0.39, 0.29) is 5.82 Å². The Balaban J connectivity index is 1.92. The molecule has 1 nitrogen and oxygen atoms in total. The van der Waals surface area contributed by atoms with Gasteiger partial charge >= 0.3 is 0 Å². The first-order valence-electron chi connectivity index (χ1n) is 6.64. The number of aliphatic hydroxyl groups is 1. The molecule has 2 aromatic rings. The maximum atomic E-state index is 13.2. The quantitative estimate of drug-likeness (QED) is 0.871. The van der Waals surface area contributed by atoms with Crippen LogP contribution in [-0.2, 0) is 18.4 Å². The molecule has 2 heteroatoms. The molecule has 0 radical (unpaired) electrons. The second-order valence-corrected chi connectivity index (χ2v) is 5.50. The van der Waals surface area contributed by atoms with E-state index in [1.807, 2.05) is 6.92 Å². The molecule has 0 spiro atoms. The van der Waals surface area contributed by atoms with E-state index in [1.165, 1.54) is 11.6 Å². The van der Waals surface area contributed by atoms with Crippen LogP contribution >= 0.6 is 0 Å². The van der Waals surface area contributed by atoms with Crippen molar-refractivity contribution in [2.24, 2.45) is 0 Å². The van der Waals surface area contributed by atoms with Crippen LogP contribution in [0.25, 0.3) is 0 Å². The molecule has 0 amide bonds. The second-order valence-electron chi connectivity index (χ2n) is 5.50. The zero-order chi connectivity index (χ0) is 13.5. The van der Waals surface area contributed by atoms with Gasteiger partial charge in [-0.1, -0.05) is 35.9 Å². The number of hydrogen-bond acceptors (Lipinski definition) is 1. The summed E-state index contributed by atoms with van der Waals surface area (Å²) in [6.07, 6.45) is 2.00. The van der Waals surface area contributed by atoms with Crippen LogP contribution in [-0.4, -0.2) is 5.11 Å². The first kappa shape index (κ1) is 12.4. The van der Waals surface area contributed by atoms with Gasteiger partial charge in [0.25, 0.3) is 0 Å². The molecule has 19 heavy (non-hydrogen) atoms. The fourth-order valence-corrected chi connectivity index (χ4v) is 2.93. The molecule has 0 saturated heterocycles. The van der Waals surface area contributed by atoms with Gasteiger partial charge in [-0.2, -0.15) is 0 Å². The fourth-order valence-electron chi connectivity index (χ4n) is 2.93. The Kier molecular flexibility index (Phi) is 2.90. The lowest BCUT2D eigenvalue weighted by Crippen LogP contribution is -2.25. The first-order valence-corrected chi connectivity index (χ1v) is 6.64. The van der Waals surface area contributed by atoms with E-state index in [2.05, 4.69) is 24.3 Å². The molecule has 1 N–H and O–H groups in total. The Labute approximate surface area is 112 Å². The summed E-state index contributed by atoms with van der Waals surface area (Å²) >= 11 is 0. The molecular formula is C17H17FO. The summed E-state index contributed by atoms with van der Waals surface area (Å²) in [5, 5.41) is 10.8. The minimum absolute atomic E-state index is 0.224. The maximum Gasteiger partial charge on any atom is 0.123 e. The van der Waals surface area contributed by atoms with Crippen LogP contribution in [0.1, 0.15) is 28.7 Å². The van der Waals surface area contributed by atoms with E-state index in [0.29, 0.717) is 12.8 Å². The van der Waals surface area contributed by atoms with Gasteiger partial charge in [0.1, 0.15) is 5.82 Å². The zero-order valence-corrected chi connectivity index (χ0v) is 11.0. The van der Waals surface area contributed by atoms with Crippen LogP contribution in [0.15, 0.2) is 42.5 Å². The highest BCUT2D eigenvalue weighted by Gasteiger charge is 2.36. The van der Waals surface area contributed by atoms with Crippen LogP contribution in [0, 0.1) is 12.7 Å². The highest BCUT2D eigenvalue weighted by Crippen LogP contribution is 2.39. The summed E-state index contributed by atoms with van der Waals surface area (Å²) in [4.78, 5) is 0. The first-order chi connectivity index (χ1) is 9.07. The van der Waals surface area contributed by atoms with Crippen LogP contribution in [0.4, 0.5) is 4.39 Å². The van der Waals surface area contributed by atoms with Crippen molar-refractivity contribution in [2.45, 2.75) is 31.8 Å². The van der Waals surface area contributed by atoms with E-state index in [9.17, 15) is 9.50 Å². The third kappa shape index (κ3) is 2.28.